The highest BCUT2D eigenvalue weighted by Gasteiger charge is 2.17. The van der Waals surface area contributed by atoms with Crippen LogP contribution in [-0.4, -0.2) is 9.97 Å². The van der Waals surface area contributed by atoms with E-state index in [0.717, 1.165) is 21.7 Å². The van der Waals surface area contributed by atoms with Crippen LogP contribution in [-0.2, 0) is 0 Å². The van der Waals surface area contributed by atoms with Gasteiger partial charge >= 0.3 is 0 Å². The van der Waals surface area contributed by atoms with Gasteiger partial charge in [-0.15, -0.1) is 11.3 Å². The molecular weight excluding hydrogens is 318 g/mol. The third-order valence-electron chi connectivity index (χ3n) is 3.66. The van der Waals surface area contributed by atoms with Gasteiger partial charge in [0.25, 0.3) is 0 Å². The van der Waals surface area contributed by atoms with Crippen molar-refractivity contribution in [2.75, 3.05) is 0 Å². The molecule has 0 fully saturated rings. The van der Waals surface area contributed by atoms with Crippen LogP contribution in [0.2, 0.25) is 0 Å². The largest absolute Gasteiger partial charge is 0.377 e. The Morgan fingerprint density at radius 2 is 1.96 bits per heavy atom. The van der Waals surface area contributed by atoms with E-state index in [2.05, 4.69) is 32.5 Å². The van der Waals surface area contributed by atoms with Crippen LogP contribution < -0.4 is 5.32 Å². The molecule has 24 heavy (non-hydrogen) atoms. The summed E-state index contributed by atoms with van der Waals surface area (Å²) in [6, 6.07) is 13.8. The minimum Gasteiger partial charge on any atom is -0.377 e. The highest BCUT2D eigenvalue weighted by Crippen LogP contribution is 2.28. The first-order chi connectivity index (χ1) is 11.8. The molecule has 0 bridgehead atoms. The number of thiazole rings is 1. The van der Waals surface area contributed by atoms with Crippen molar-refractivity contribution < 1.29 is 0 Å². The van der Waals surface area contributed by atoms with Gasteiger partial charge in [-0.2, -0.15) is 5.11 Å². The molecule has 3 aromatic rings. The number of aryl methyl sites for hydroxylation is 1. The van der Waals surface area contributed by atoms with Crippen molar-refractivity contribution in [2.24, 2.45) is 5.11 Å². The van der Waals surface area contributed by atoms with Gasteiger partial charge in [0.2, 0.25) is 0 Å². The van der Waals surface area contributed by atoms with E-state index < -0.39 is 0 Å². The number of pyridine rings is 1. The molecule has 2 N–H and O–H groups in total. The molecule has 0 aliphatic heterocycles. The maximum atomic E-state index is 7.45. The van der Waals surface area contributed by atoms with E-state index in [4.69, 9.17) is 5.53 Å². The molecule has 3 rings (SSSR count). The molecule has 0 radical (unpaired) electrons. The molecule has 5 nitrogen and oxygen atoms in total. The summed E-state index contributed by atoms with van der Waals surface area (Å²) in [6.45, 7) is 2.01. The molecule has 0 spiro atoms. The van der Waals surface area contributed by atoms with Crippen LogP contribution in [0, 0.1) is 12.5 Å². The highest BCUT2D eigenvalue weighted by atomic mass is 32.1. The second kappa shape index (κ2) is 7.61. The maximum Gasteiger partial charge on any atom is 0.108 e. The van der Waals surface area contributed by atoms with Crippen molar-refractivity contribution in [1.82, 2.24) is 15.3 Å². The fourth-order valence-electron chi connectivity index (χ4n) is 2.42. The van der Waals surface area contributed by atoms with Gasteiger partial charge in [0.05, 0.1) is 22.1 Å². The number of hydrogen-bond donors (Lipinski definition) is 2. The Labute approximate surface area is 144 Å². The lowest BCUT2D eigenvalue weighted by Crippen LogP contribution is -2.17. The van der Waals surface area contributed by atoms with Gasteiger partial charge in [-0.05, 0) is 24.6 Å². The van der Waals surface area contributed by atoms with Gasteiger partial charge in [-0.1, -0.05) is 30.3 Å². The molecule has 0 amide bonds. The smallest absolute Gasteiger partial charge is 0.108 e. The lowest BCUT2D eigenvalue weighted by Gasteiger charge is -2.17. The first kappa shape index (κ1) is 16.0. The summed E-state index contributed by atoms with van der Waals surface area (Å²) >= 11 is 1.62. The Kier molecular flexibility index (Phi) is 5.08. The summed E-state index contributed by atoms with van der Waals surface area (Å²) in [5, 5.41) is 7.04. The van der Waals surface area contributed by atoms with Crippen LogP contribution in [0.4, 0.5) is 0 Å². The zero-order chi connectivity index (χ0) is 16.8. The van der Waals surface area contributed by atoms with E-state index >= 15 is 0 Å². The van der Waals surface area contributed by atoms with Crippen molar-refractivity contribution in [3.63, 3.8) is 0 Å². The van der Waals surface area contributed by atoms with Gasteiger partial charge in [0.1, 0.15) is 5.70 Å². The van der Waals surface area contributed by atoms with Gasteiger partial charge in [0.15, 0.2) is 0 Å². The average molecular weight is 335 g/mol. The average Bonchev–Trinajstić information content (AvgIpc) is 3.06. The maximum absolute atomic E-state index is 7.45. The molecule has 0 aliphatic carbocycles. The Morgan fingerprint density at radius 1 is 1.21 bits per heavy atom. The van der Waals surface area contributed by atoms with Crippen LogP contribution in [0.1, 0.15) is 27.7 Å². The molecule has 0 saturated heterocycles. The van der Waals surface area contributed by atoms with Crippen molar-refractivity contribution >= 4 is 17.0 Å². The second-order valence-electron chi connectivity index (χ2n) is 5.19. The fourth-order valence-corrected chi connectivity index (χ4v) is 3.31. The van der Waals surface area contributed by atoms with E-state index in [1.54, 1.807) is 29.9 Å². The molecule has 1 aromatic carbocycles. The Balaban J connectivity index is 1.94. The fraction of sp³-hybridized carbons (Fsp3) is 0.111. The van der Waals surface area contributed by atoms with Crippen molar-refractivity contribution in [2.45, 2.75) is 13.0 Å². The number of benzene rings is 1. The Bertz CT molecular complexity index is 827. The summed E-state index contributed by atoms with van der Waals surface area (Å²) in [4.78, 5) is 9.51. The number of aromatic nitrogens is 2. The van der Waals surface area contributed by atoms with Gasteiger partial charge in [0, 0.05) is 24.2 Å². The zero-order valence-electron chi connectivity index (χ0n) is 13.2. The van der Waals surface area contributed by atoms with Crippen LogP contribution in [0.25, 0.3) is 5.70 Å². The predicted molar refractivity (Wildman–Crippen MR) is 95.6 cm³/mol. The van der Waals surface area contributed by atoms with Crippen LogP contribution in [0.15, 0.2) is 71.7 Å². The highest BCUT2D eigenvalue weighted by molar-refractivity contribution is 7.09. The van der Waals surface area contributed by atoms with Crippen LogP contribution in [0.3, 0.4) is 0 Å². The van der Waals surface area contributed by atoms with Crippen molar-refractivity contribution in [3.05, 3.63) is 88.3 Å². The lowest BCUT2D eigenvalue weighted by atomic mass is 10.0. The first-order valence-corrected chi connectivity index (χ1v) is 8.36. The molecule has 2 aromatic heterocycles. The number of nitrogens with one attached hydrogen (secondary N) is 2. The molecule has 1 atom stereocenters. The molecule has 1 unspecified atom stereocenters. The van der Waals surface area contributed by atoms with Gasteiger partial charge in [-0.25, -0.2) is 10.5 Å². The monoisotopic (exact) mass is 335 g/mol. The van der Waals surface area contributed by atoms with Gasteiger partial charge in [-0.3, -0.25) is 4.98 Å². The number of rotatable bonds is 6. The minimum atomic E-state index is -0.0303. The van der Waals surface area contributed by atoms with Crippen LogP contribution in [0.5, 0.6) is 0 Å². The summed E-state index contributed by atoms with van der Waals surface area (Å²) in [6.07, 6.45) is 5.16. The first-order valence-electron chi connectivity index (χ1n) is 7.48. The summed E-state index contributed by atoms with van der Waals surface area (Å²) in [5.41, 5.74) is 12.8. The van der Waals surface area contributed by atoms with E-state index in [1.807, 2.05) is 42.8 Å². The lowest BCUT2D eigenvalue weighted by molar-refractivity contribution is 0.735. The Morgan fingerprint density at radius 3 is 2.58 bits per heavy atom. The summed E-state index contributed by atoms with van der Waals surface area (Å²) in [5.74, 6) is 0. The van der Waals surface area contributed by atoms with Gasteiger partial charge < -0.3 is 5.32 Å². The molecule has 2 heterocycles. The molecular formula is C18H17N5S. The third-order valence-corrected chi connectivity index (χ3v) is 4.66. The molecule has 6 heteroatoms. The molecule has 0 saturated carbocycles. The van der Waals surface area contributed by atoms with E-state index in [1.165, 1.54) is 0 Å². The van der Waals surface area contributed by atoms with Crippen molar-refractivity contribution in [3.8, 4) is 0 Å². The molecule has 0 aliphatic rings. The summed E-state index contributed by atoms with van der Waals surface area (Å²) < 4.78 is 0. The molecule has 120 valence electrons. The van der Waals surface area contributed by atoms with E-state index in [-0.39, 0.29) is 6.04 Å². The predicted octanol–water partition coefficient (Wildman–Crippen LogP) is 4.56. The number of hydrogen-bond acceptors (Lipinski definition) is 6. The zero-order valence-corrected chi connectivity index (χ0v) is 14.0. The number of nitrogens with zero attached hydrogens (tertiary/aromatic N) is 3. The minimum absolute atomic E-state index is 0.0303. The third kappa shape index (κ3) is 3.55. The SMILES string of the molecule is Cc1ncsc1C(N/C=C(\N=N)c1ccncc1)c1ccccc1. The van der Waals surface area contributed by atoms with Crippen molar-refractivity contribution in [1.29, 1.82) is 5.53 Å². The Hall–Kier alpha value is -2.86. The topological polar surface area (TPSA) is 74.0 Å². The second-order valence-corrected chi connectivity index (χ2v) is 6.08. The van der Waals surface area contributed by atoms with Crippen LogP contribution >= 0.6 is 11.3 Å². The normalized spacial score (nSPS) is 12.6. The quantitative estimate of drug-likeness (QED) is 0.649. The summed E-state index contributed by atoms with van der Waals surface area (Å²) in [7, 11) is 0. The van der Waals surface area contributed by atoms with E-state index in [9.17, 15) is 0 Å². The van der Waals surface area contributed by atoms with E-state index in [0.29, 0.717) is 5.70 Å². The standard InChI is InChI=1S/C18H17N5S/c1-13-18(24-12-22-13)17(15-5-3-2-4-6-15)21-11-16(23-19)14-7-9-20-10-8-14/h2-12,17,19,21H,1H3/b16-11-,23-19?.